The van der Waals surface area contributed by atoms with Crippen LogP contribution < -0.4 is 9.62 Å². The average Bonchev–Trinajstić information content (AvgIpc) is 3.01. The smallest absolute Gasteiger partial charge is 0.264 e. The highest BCUT2D eigenvalue weighted by atomic mass is 32.2. The van der Waals surface area contributed by atoms with Crippen molar-refractivity contribution in [2.75, 3.05) is 17.4 Å². The summed E-state index contributed by atoms with van der Waals surface area (Å²) in [4.78, 5) is 29.7. The van der Waals surface area contributed by atoms with Crippen molar-refractivity contribution in [1.82, 2.24) is 10.2 Å². The van der Waals surface area contributed by atoms with Crippen molar-refractivity contribution < 1.29 is 18.0 Å². The summed E-state index contributed by atoms with van der Waals surface area (Å²) in [6, 6.07) is 29.9. The lowest BCUT2D eigenvalue weighted by molar-refractivity contribution is -0.140. The van der Waals surface area contributed by atoms with E-state index in [9.17, 15) is 18.0 Å². The largest absolute Gasteiger partial charge is 0.355 e. The third-order valence-electron chi connectivity index (χ3n) is 7.68. The Hall–Kier alpha value is -4.43. The van der Waals surface area contributed by atoms with Crippen molar-refractivity contribution >= 4 is 27.5 Å². The lowest BCUT2D eigenvalue weighted by Crippen LogP contribution is -2.53. The summed E-state index contributed by atoms with van der Waals surface area (Å²) in [5, 5.41) is 2.89. The SMILES string of the molecule is CCNC(=O)C(Cc1ccccc1)N(Cc1ccccc1C)C(=O)CN(c1cccc(C)c1C)S(=O)(=O)c1ccccc1. The Bertz CT molecular complexity index is 1660. The summed E-state index contributed by atoms with van der Waals surface area (Å²) in [7, 11) is -4.13. The molecule has 0 aliphatic heterocycles. The molecule has 0 aromatic heterocycles. The Kier molecular flexibility index (Phi) is 10.4. The molecule has 224 valence electrons. The zero-order valence-electron chi connectivity index (χ0n) is 25.2. The first kappa shape index (κ1) is 31.5. The zero-order chi connectivity index (χ0) is 31.0. The molecule has 7 nitrogen and oxygen atoms in total. The van der Waals surface area contributed by atoms with E-state index in [1.807, 2.05) is 88.4 Å². The van der Waals surface area contributed by atoms with Gasteiger partial charge in [0.2, 0.25) is 11.8 Å². The highest BCUT2D eigenvalue weighted by Crippen LogP contribution is 2.29. The van der Waals surface area contributed by atoms with Gasteiger partial charge in [-0.2, -0.15) is 0 Å². The number of hydrogen-bond donors (Lipinski definition) is 1. The molecular formula is C35H39N3O4S. The number of aryl methyl sites for hydroxylation is 2. The van der Waals surface area contributed by atoms with Crippen molar-refractivity contribution in [3.8, 4) is 0 Å². The minimum atomic E-state index is -4.13. The number of rotatable bonds is 12. The first-order valence-electron chi connectivity index (χ1n) is 14.4. The van der Waals surface area contributed by atoms with Crippen molar-refractivity contribution in [3.63, 3.8) is 0 Å². The highest BCUT2D eigenvalue weighted by molar-refractivity contribution is 7.92. The molecule has 4 rings (SSSR count). The molecule has 0 saturated heterocycles. The molecule has 1 unspecified atom stereocenters. The van der Waals surface area contributed by atoms with Crippen LogP contribution in [-0.4, -0.2) is 44.3 Å². The van der Waals surface area contributed by atoms with Gasteiger partial charge in [0.1, 0.15) is 12.6 Å². The first-order chi connectivity index (χ1) is 20.6. The zero-order valence-corrected chi connectivity index (χ0v) is 26.0. The molecule has 0 aliphatic carbocycles. The average molecular weight is 598 g/mol. The van der Waals surface area contributed by atoms with Gasteiger partial charge in [-0.3, -0.25) is 13.9 Å². The van der Waals surface area contributed by atoms with Crippen LogP contribution in [0, 0.1) is 20.8 Å². The minimum absolute atomic E-state index is 0.0821. The molecule has 0 heterocycles. The number of carbonyl (C=O) groups excluding carboxylic acids is 2. The summed E-state index contributed by atoms with van der Waals surface area (Å²) in [6.45, 7) is 7.61. The van der Waals surface area contributed by atoms with E-state index >= 15 is 0 Å². The molecule has 0 fully saturated rings. The lowest BCUT2D eigenvalue weighted by atomic mass is 10.0. The van der Waals surface area contributed by atoms with Crippen LogP contribution in [0.15, 0.2) is 108 Å². The summed E-state index contributed by atoms with van der Waals surface area (Å²) in [6.07, 6.45) is 0.277. The van der Waals surface area contributed by atoms with E-state index in [1.54, 1.807) is 30.3 Å². The number of anilines is 1. The predicted molar refractivity (Wildman–Crippen MR) is 171 cm³/mol. The van der Waals surface area contributed by atoms with Crippen LogP contribution in [-0.2, 0) is 32.6 Å². The van der Waals surface area contributed by atoms with Gasteiger partial charge in [-0.1, -0.05) is 84.9 Å². The number of nitrogens with one attached hydrogen (secondary N) is 1. The van der Waals surface area contributed by atoms with Crippen LogP contribution >= 0.6 is 0 Å². The van der Waals surface area contributed by atoms with Gasteiger partial charge < -0.3 is 10.2 Å². The molecule has 4 aromatic rings. The molecule has 0 aliphatic rings. The van der Waals surface area contributed by atoms with E-state index in [0.717, 1.165) is 27.8 Å². The summed E-state index contributed by atoms with van der Waals surface area (Å²) in [5.41, 5.74) is 4.82. The monoisotopic (exact) mass is 597 g/mol. The quantitative estimate of drug-likeness (QED) is 0.231. The van der Waals surface area contributed by atoms with E-state index in [1.165, 1.54) is 21.3 Å². The number of likely N-dealkylation sites (N-methyl/N-ethyl adjacent to an activating group) is 1. The molecule has 0 bridgehead atoms. The molecular weight excluding hydrogens is 558 g/mol. The van der Waals surface area contributed by atoms with Gasteiger partial charge >= 0.3 is 0 Å². The second kappa shape index (κ2) is 14.2. The third kappa shape index (κ3) is 7.51. The van der Waals surface area contributed by atoms with Crippen LogP contribution in [0.5, 0.6) is 0 Å². The number of amides is 2. The highest BCUT2D eigenvalue weighted by Gasteiger charge is 2.35. The molecule has 1 N–H and O–H groups in total. The van der Waals surface area contributed by atoms with Crippen LogP contribution in [0.2, 0.25) is 0 Å². The van der Waals surface area contributed by atoms with Gasteiger partial charge in [0.25, 0.3) is 10.0 Å². The second-order valence-electron chi connectivity index (χ2n) is 10.6. The molecule has 8 heteroatoms. The number of benzene rings is 4. The maximum Gasteiger partial charge on any atom is 0.264 e. The maximum absolute atomic E-state index is 14.5. The van der Waals surface area contributed by atoms with Gasteiger partial charge in [-0.25, -0.2) is 8.42 Å². The molecule has 0 spiro atoms. The van der Waals surface area contributed by atoms with E-state index in [2.05, 4.69) is 5.32 Å². The van der Waals surface area contributed by atoms with Gasteiger partial charge in [0.15, 0.2) is 0 Å². The Morgan fingerprint density at radius 1 is 0.767 bits per heavy atom. The molecule has 43 heavy (non-hydrogen) atoms. The number of sulfonamides is 1. The van der Waals surface area contributed by atoms with E-state index in [0.29, 0.717) is 12.2 Å². The Labute approximate surface area is 255 Å². The Morgan fingerprint density at radius 2 is 1.37 bits per heavy atom. The van der Waals surface area contributed by atoms with Gasteiger partial charge in [0, 0.05) is 19.5 Å². The maximum atomic E-state index is 14.5. The van der Waals surface area contributed by atoms with E-state index in [-0.39, 0.29) is 23.8 Å². The number of nitrogens with zero attached hydrogens (tertiary/aromatic N) is 2. The summed E-state index contributed by atoms with van der Waals surface area (Å²) < 4.78 is 29.5. The molecule has 2 amide bonds. The van der Waals surface area contributed by atoms with Gasteiger partial charge in [0.05, 0.1) is 10.6 Å². The van der Waals surface area contributed by atoms with Gasteiger partial charge in [-0.05, 0) is 73.7 Å². The molecule has 0 radical (unpaired) electrons. The minimum Gasteiger partial charge on any atom is -0.355 e. The van der Waals surface area contributed by atoms with Crippen LogP contribution in [0.1, 0.15) is 34.7 Å². The van der Waals surface area contributed by atoms with Crippen molar-refractivity contribution in [2.45, 2.75) is 51.6 Å². The van der Waals surface area contributed by atoms with E-state index in [4.69, 9.17) is 0 Å². The second-order valence-corrected chi connectivity index (χ2v) is 12.5. The topological polar surface area (TPSA) is 86.8 Å². The molecule has 0 saturated carbocycles. The van der Waals surface area contributed by atoms with Crippen molar-refractivity contribution in [3.05, 3.63) is 131 Å². The normalized spacial score (nSPS) is 11.9. The molecule has 4 aromatic carbocycles. The number of hydrogen-bond acceptors (Lipinski definition) is 4. The van der Waals surface area contributed by atoms with Crippen LogP contribution in [0.25, 0.3) is 0 Å². The van der Waals surface area contributed by atoms with Crippen LogP contribution in [0.4, 0.5) is 5.69 Å². The Morgan fingerprint density at radius 3 is 2.02 bits per heavy atom. The summed E-state index contributed by atoms with van der Waals surface area (Å²) in [5.74, 6) is -0.770. The fraction of sp³-hybridized carbons (Fsp3) is 0.257. The summed E-state index contributed by atoms with van der Waals surface area (Å²) >= 11 is 0. The molecule has 1 atom stereocenters. The third-order valence-corrected chi connectivity index (χ3v) is 9.45. The van der Waals surface area contributed by atoms with Gasteiger partial charge in [-0.15, -0.1) is 0 Å². The standard InChI is InChI=1S/C35H39N3O4S/c1-5-36-35(40)33(23-29-17-8-6-9-18-29)37(24-30-19-13-12-15-27(30)3)34(39)25-38(32-22-14-16-26(2)28(32)4)43(41,42)31-20-10-7-11-21-31/h6-22,33H,5,23-25H2,1-4H3,(H,36,40). The number of carbonyl (C=O) groups is 2. The van der Waals surface area contributed by atoms with Crippen molar-refractivity contribution in [1.29, 1.82) is 0 Å². The predicted octanol–water partition coefficient (Wildman–Crippen LogP) is 5.58. The first-order valence-corrected chi connectivity index (χ1v) is 15.9. The van der Waals surface area contributed by atoms with E-state index < -0.39 is 28.5 Å². The lowest BCUT2D eigenvalue weighted by Gasteiger charge is -2.34. The fourth-order valence-electron chi connectivity index (χ4n) is 5.06. The Balaban J connectivity index is 1.83. The van der Waals surface area contributed by atoms with Crippen molar-refractivity contribution in [2.24, 2.45) is 0 Å². The fourth-order valence-corrected chi connectivity index (χ4v) is 6.55. The van der Waals surface area contributed by atoms with Crippen LogP contribution in [0.3, 0.4) is 0 Å².